The van der Waals surface area contributed by atoms with Crippen LogP contribution >= 0.6 is 0 Å². The van der Waals surface area contributed by atoms with E-state index in [0.717, 1.165) is 17.0 Å². The highest BCUT2D eigenvalue weighted by Gasteiger charge is 2.46. The average molecular weight is 311 g/mol. The minimum absolute atomic E-state index is 0.452. The fourth-order valence-corrected chi connectivity index (χ4v) is 2.53. The maximum Gasteiger partial charge on any atom is 0.335 e. The summed E-state index contributed by atoms with van der Waals surface area (Å²) in [4.78, 5) is 11.9. The molecule has 1 atom stereocenters. The molecule has 1 aliphatic rings. The first-order chi connectivity index (χ1) is 11.2. The minimum atomic E-state index is -1.27. The first kappa shape index (κ1) is 15.1. The van der Waals surface area contributed by atoms with Crippen LogP contribution in [-0.4, -0.2) is 20.2 Å². The number of hydrogen-bond donors (Lipinski definition) is 1. The molecular weight excluding hydrogens is 294 g/mol. The van der Waals surface area contributed by atoms with E-state index in [1.54, 1.807) is 7.11 Å². The maximum atomic E-state index is 11.9. The van der Waals surface area contributed by atoms with Gasteiger partial charge in [-0.05, 0) is 24.3 Å². The van der Waals surface area contributed by atoms with E-state index in [-0.39, 0.29) is 0 Å². The fraction of sp³-hybridized carbons (Fsp3) is 0.167. The quantitative estimate of drug-likeness (QED) is 0.860. The van der Waals surface area contributed by atoms with Gasteiger partial charge < -0.3 is 19.5 Å². The highest BCUT2D eigenvalue weighted by molar-refractivity contribution is 5.87. The van der Waals surface area contributed by atoms with E-state index in [1.807, 2.05) is 54.6 Å². The van der Waals surface area contributed by atoms with Gasteiger partial charge in [0, 0.05) is 24.4 Å². The summed E-state index contributed by atoms with van der Waals surface area (Å²) >= 11 is 0. The van der Waals surface area contributed by atoms with Crippen molar-refractivity contribution in [2.24, 2.45) is 0 Å². The zero-order valence-corrected chi connectivity index (χ0v) is 12.9. The van der Waals surface area contributed by atoms with Crippen molar-refractivity contribution in [1.29, 1.82) is 0 Å². The molecule has 2 aromatic rings. The predicted octanol–water partition coefficient (Wildman–Crippen LogP) is 3.05. The lowest BCUT2D eigenvalue weighted by atomic mass is 10.0. The SMILES string of the molecule is COc1ccc(NC2=CC(=O)OC2(OC)c2ccccc2)cc1. The molecule has 0 saturated carbocycles. The number of nitrogens with one attached hydrogen (secondary N) is 1. The van der Waals surface area contributed by atoms with Gasteiger partial charge in [-0.3, -0.25) is 0 Å². The molecule has 1 heterocycles. The van der Waals surface area contributed by atoms with Crippen molar-refractivity contribution >= 4 is 11.7 Å². The Bertz CT molecular complexity index is 724. The summed E-state index contributed by atoms with van der Waals surface area (Å²) in [6.45, 7) is 0. The van der Waals surface area contributed by atoms with Gasteiger partial charge in [-0.2, -0.15) is 0 Å². The number of carbonyl (C=O) groups is 1. The lowest BCUT2D eigenvalue weighted by Crippen LogP contribution is -2.34. The van der Waals surface area contributed by atoms with Crippen LogP contribution in [0.15, 0.2) is 66.4 Å². The second-order valence-corrected chi connectivity index (χ2v) is 5.02. The molecule has 5 heteroatoms. The molecule has 2 aromatic carbocycles. The van der Waals surface area contributed by atoms with E-state index in [2.05, 4.69) is 5.32 Å². The van der Waals surface area contributed by atoms with Gasteiger partial charge in [-0.25, -0.2) is 4.79 Å². The van der Waals surface area contributed by atoms with Crippen LogP contribution in [0.3, 0.4) is 0 Å². The maximum absolute atomic E-state index is 11.9. The summed E-state index contributed by atoms with van der Waals surface area (Å²) in [6.07, 6.45) is 1.40. The van der Waals surface area contributed by atoms with Crippen LogP contribution in [0.5, 0.6) is 5.75 Å². The van der Waals surface area contributed by atoms with E-state index in [0.29, 0.717) is 5.70 Å². The molecule has 23 heavy (non-hydrogen) atoms. The summed E-state index contributed by atoms with van der Waals surface area (Å²) in [6, 6.07) is 16.7. The summed E-state index contributed by atoms with van der Waals surface area (Å²) in [5.41, 5.74) is 2.06. The van der Waals surface area contributed by atoms with Crippen LogP contribution in [0.4, 0.5) is 5.69 Å². The second-order valence-electron chi connectivity index (χ2n) is 5.02. The number of hydrogen-bond acceptors (Lipinski definition) is 5. The van der Waals surface area contributed by atoms with Crippen molar-refractivity contribution in [2.75, 3.05) is 19.5 Å². The van der Waals surface area contributed by atoms with Gasteiger partial charge in [0.1, 0.15) is 11.4 Å². The minimum Gasteiger partial charge on any atom is -0.497 e. The van der Waals surface area contributed by atoms with Crippen LogP contribution in [0.25, 0.3) is 0 Å². The molecule has 0 spiro atoms. The molecule has 0 saturated heterocycles. The summed E-state index contributed by atoms with van der Waals surface area (Å²) in [5, 5.41) is 3.20. The molecule has 1 unspecified atom stereocenters. The van der Waals surface area contributed by atoms with Crippen molar-refractivity contribution in [3.05, 3.63) is 71.9 Å². The summed E-state index contributed by atoms with van der Waals surface area (Å²) in [7, 11) is 3.12. The van der Waals surface area contributed by atoms with Crippen LogP contribution in [0, 0.1) is 0 Å². The number of rotatable bonds is 5. The Hall–Kier alpha value is -2.79. The van der Waals surface area contributed by atoms with Gasteiger partial charge in [0.05, 0.1) is 7.11 Å². The van der Waals surface area contributed by atoms with E-state index in [1.165, 1.54) is 13.2 Å². The zero-order chi connectivity index (χ0) is 16.3. The number of benzene rings is 2. The van der Waals surface area contributed by atoms with Crippen LogP contribution in [-0.2, 0) is 20.1 Å². The highest BCUT2D eigenvalue weighted by Crippen LogP contribution is 2.39. The molecule has 1 aliphatic heterocycles. The van der Waals surface area contributed by atoms with Crippen LogP contribution in [0.1, 0.15) is 5.56 Å². The monoisotopic (exact) mass is 311 g/mol. The van der Waals surface area contributed by atoms with Gasteiger partial charge >= 0.3 is 5.97 Å². The molecule has 5 nitrogen and oxygen atoms in total. The topological polar surface area (TPSA) is 56.8 Å². The Morgan fingerprint density at radius 2 is 1.70 bits per heavy atom. The number of ether oxygens (including phenoxy) is 3. The normalized spacial score (nSPS) is 19.9. The van der Waals surface area contributed by atoms with Gasteiger partial charge in [-0.15, -0.1) is 0 Å². The lowest BCUT2D eigenvalue weighted by Gasteiger charge is -2.30. The molecule has 1 N–H and O–H groups in total. The highest BCUT2D eigenvalue weighted by atomic mass is 16.7. The van der Waals surface area contributed by atoms with Crippen molar-refractivity contribution in [3.63, 3.8) is 0 Å². The molecular formula is C18H17NO4. The molecule has 118 valence electrons. The molecule has 0 fully saturated rings. The molecule has 0 aromatic heterocycles. The number of cyclic esters (lactones) is 1. The average Bonchev–Trinajstić information content (AvgIpc) is 2.93. The number of anilines is 1. The van der Waals surface area contributed by atoms with E-state index < -0.39 is 11.8 Å². The van der Waals surface area contributed by atoms with E-state index in [4.69, 9.17) is 14.2 Å². The van der Waals surface area contributed by atoms with Gasteiger partial charge in [0.25, 0.3) is 5.79 Å². The molecule has 0 amide bonds. The van der Waals surface area contributed by atoms with Crippen molar-refractivity contribution in [2.45, 2.75) is 5.79 Å². The van der Waals surface area contributed by atoms with Crippen LogP contribution in [0.2, 0.25) is 0 Å². The van der Waals surface area contributed by atoms with Crippen LogP contribution < -0.4 is 10.1 Å². The summed E-state index contributed by atoms with van der Waals surface area (Å²) < 4.78 is 16.2. The molecule has 0 bridgehead atoms. The predicted molar refractivity (Wildman–Crippen MR) is 85.9 cm³/mol. The van der Waals surface area contributed by atoms with E-state index in [9.17, 15) is 4.79 Å². The third-order valence-electron chi connectivity index (χ3n) is 3.67. The Morgan fingerprint density at radius 1 is 1.00 bits per heavy atom. The molecule has 0 radical (unpaired) electrons. The Balaban J connectivity index is 1.94. The zero-order valence-electron chi connectivity index (χ0n) is 12.9. The Morgan fingerprint density at radius 3 is 2.30 bits per heavy atom. The molecule has 3 rings (SSSR count). The van der Waals surface area contributed by atoms with Crippen molar-refractivity contribution in [3.8, 4) is 5.75 Å². The number of esters is 1. The van der Waals surface area contributed by atoms with Gasteiger partial charge in [0.15, 0.2) is 0 Å². The lowest BCUT2D eigenvalue weighted by molar-refractivity contribution is -0.196. The summed E-state index contributed by atoms with van der Waals surface area (Å²) in [5.74, 6) is -0.964. The number of carbonyl (C=O) groups excluding carboxylic acids is 1. The number of methoxy groups -OCH3 is 2. The fourth-order valence-electron chi connectivity index (χ4n) is 2.53. The van der Waals surface area contributed by atoms with Gasteiger partial charge in [-0.1, -0.05) is 30.3 Å². The van der Waals surface area contributed by atoms with Crippen molar-refractivity contribution < 1.29 is 19.0 Å². The first-order valence-corrected chi connectivity index (χ1v) is 7.15. The van der Waals surface area contributed by atoms with Crippen molar-refractivity contribution in [1.82, 2.24) is 0 Å². The largest absolute Gasteiger partial charge is 0.497 e. The second kappa shape index (κ2) is 6.14. The third kappa shape index (κ3) is 2.78. The van der Waals surface area contributed by atoms with Gasteiger partial charge in [0.2, 0.25) is 0 Å². The molecule has 0 aliphatic carbocycles. The first-order valence-electron chi connectivity index (χ1n) is 7.15. The third-order valence-corrected chi connectivity index (χ3v) is 3.67. The Kier molecular flexibility index (Phi) is 4.04. The standard InChI is InChI=1S/C18H17NO4/c1-21-15-10-8-14(9-11-15)19-16-12-17(20)23-18(16,22-2)13-6-4-3-5-7-13/h3-12,19H,1-2H3. The smallest absolute Gasteiger partial charge is 0.335 e. The Labute approximate surface area is 134 Å². The van der Waals surface area contributed by atoms with E-state index >= 15 is 0 Å².